The Morgan fingerprint density at radius 3 is 2.09 bits per heavy atom. The van der Waals surface area contributed by atoms with E-state index in [2.05, 4.69) is 0 Å². The minimum atomic E-state index is -1.86. The van der Waals surface area contributed by atoms with Gasteiger partial charge in [-0.25, -0.2) is 17.6 Å². The molecule has 0 radical (unpaired) electrons. The van der Waals surface area contributed by atoms with E-state index in [0.717, 1.165) is 17.2 Å². The van der Waals surface area contributed by atoms with Crippen LogP contribution in [0.2, 0.25) is 0 Å². The van der Waals surface area contributed by atoms with Crippen LogP contribution >= 0.6 is 0 Å². The number of nitrogens with one attached hydrogen (secondary N) is 1. The highest BCUT2D eigenvalue weighted by Crippen LogP contribution is 2.54. The summed E-state index contributed by atoms with van der Waals surface area (Å²) in [6.45, 7) is 0.137. The molecule has 3 aromatic carbocycles. The van der Waals surface area contributed by atoms with Crippen LogP contribution in [0.5, 0.6) is 0 Å². The summed E-state index contributed by atoms with van der Waals surface area (Å²) in [5.74, 6) is -8.54. The van der Waals surface area contributed by atoms with Gasteiger partial charge in [-0.1, -0.05) is 60.7 Å². The Morgan fingerprint density at radius 2 is 1.56 bits per heavy atom. The zero-order valence-corrected chi connectivity index (χ0v) is 18.0. The summed E-state index contributed by atoms with van der Waals surface area (Å²) in [6.07, 6.45) is 0.963. The van der Waals surface area contributed by atoms with Gasteiger partial charge in [0.1, 0.15) is 17.3 Å². The minimum Gasteiger partial charge on any atom is -0.376 e. The fraction of sp³-hybridized carbons (Fsp3) is 0.231. The largest absolute Gasteiger partial charge is 0.376 e. The van der Waals surface area contributed by atoms with Gasteiger partial charge in [0.15, 0.2) is 23.3 Å². The number of hydrogen-bond donors (Lipinski definition) is 1. The van der Waals surface area contributed by atoms with E-state index in [-0.39, 0.29) is 19.1 Å². The predicted octanol–water partition coefficient (Wildman–Crippen LogP) is 5.83. The molecule has 2 atom stereocenters. The first-order valence-corrected chi connectivity index (χ1v) is 10.6. The molecule has 0 saturated heterocycles. The van der Waals surface area contributed by atoms with E-state index in [4.69, 9.17) is 10.00 Å². The first-order valence-electron chi connectivity index (χ1n) is 10.6. The monoisotopic (exact) mass is 468 g/mol. The molecule has 1 saturated carbocycles. The Balaban J connectivity index is 1.64. The van der Waals surface area contributed by atoms with Gasteiger partial charge in [0.05, 0.1) is 18.6 Å². The van der Waals surface area contributed by atoms with Crippen LogP contribution in [-0.2, 0) is 16.1 Å². The normalized spacial score (nSPS) is 19.2. The molecule has 0 heterocycles. The molecule has 1 amide bonds. The SMILES string of the molecule is N#Cc1c(F)c(F)c(NC(=O)[C@]2(COCc3ccccc3)CC[C@@H]2c2ccccc2)c(F)c1F. The molecule has 174 valence electrons. The summed E-state index contributed by atoms with van der Waals surface area (Å²) >= 11 is 0. The number of nitriles is 1. The molecule has 0 spiro atoms. The van der Waals surface area contributed by atoms with Gasteiger partial charge >= 0.3 is 0 Å². The van der Waals surface area contributed by atoms with Gasteiger partial charge in [0, 0.05) is 5.92 Å². The number of halogens is 4. The van der Waals surface area contributed by atoms with E-state index in [1.165, 1.54) is 0 Å². The maximum Gasteiger partial charge on any atom is 0.233 e. The molecule has 0 aromatic heterocycles. The summed E-state index contributed by atoms with van der Waals surface area (Å²) in [5, 5.41) is 10.8. The Morgan fingerprint density at radius 1 is 0.971 bits per heavy atom. The third kappa shape index (κ3) is 4.15. The Kier molecular flexibility index (Phi) is 6.66. The summed E-state index contributed by atoms with van der Waals surface area (Å²) in [7, 11) is 0. The van der Waals surface area contributed by atoms with Crippen molar-refractivity contribution in [3.8, 4) is 6.07 Å². The van der Waals surface area contributed by atoms with Gasteiger partial charge in [0.2, 0.25) is 5.91 Å². The van der Waals surface area contributed by atoms with Crippen LogP contribution in [0, 0.1) is 40.0 Å². The lowest BCUT2D eigenvalue weighted by Gasteiger charge is -2.48. The lowest BCUT2D eigenvalue weighted by molar-refractivity contribution is -0.139. The topological polar surface area (TPSA) is 62.1 Å². The number of carbonyl (C=O) groups is 1. The van der Waals surface area contributed by atoms with Crippen LogP contribution in [0.15, 0.2) is 60.7 Å². The number of nitrogens with zero attached hydrogens (tertiary/aromatic N) is 1. The van der Waals surface area contributed by atoms with Crippen molar-refractivity contribution in [3.05, 3.63) is 101 Å². The zero-order chi connectivity index (χ0) is 24.3. The van der Waals surface area contributed by atoms with Crippen molar-refractivity contribution >= 4 is 11.6 Å². The van der Waals surface area contributed by atoms with Crippen molar-refractivity contribution in [2.45, 2.75) is 25.4 Å². The van der Waals surface area contributed by atoms with Crippen LogP contribution in [0.3, 0.4) is 0 Å². The van der Waals surface area contributed by atoms with Crippen molar-refractivity contribution < 1.29 is 27.1 Å². The van der Waals surface area contributed by atoms with E-state index >= 15 is 0 Å². The Hall–Kier alpha value is -3.70. The van der Waals surface area contributed by atoms with Crippen LogP contribution in [0.4, 0.5) is 23.2 Å². The average Bonchev–Trinajstić information content (AvgIpc) is 2.84. The molecule has 1 aliphatic carbocycles. The first kappa shape index (κ1) is 23.5. The molecule has 8 heteroatoms. The lowest BCUT2D eigenvalue weighted by atomic mass is 9.57. The quantitative estimate of drug-likeness (QED) is 0.350. The molecule has 0 unspecified atom stereocenters. The van der Waals surface area contributed by atoms with E-state index in [1.807, 2.05) is 66.0 Å². The summed E-state index contributed by atoms with van der Waals surface area (Å²) in [4.78, 5) is 13.4. The van der Waals surface area contributed by atoms with Gasteiger partial charge in [-0.05, 0) is 24.0 Å². The van der Waals surface area contributed by atoms with Crippen molar-refractivity contribution in [1.29, 1.82) is 5.26 Å². The van der Waals surface area contributed by atoms with Gasteiger partial charge < -0.3 is 10.1 Å². The number of carbonyl (C=O) groups excluding carboxylic acids is 1. The molecule has 1 fully saturated rings. The molecule has 4 nitrogen and oxygen atoms in total. The third-order valence-electron chi connectivity index (χ3n) is 6.29. The van der Waals surface area contributed by atoms with E-state index in [1.54, 1.807) is 0 Å². The number of ether oxygens (including phenoxy) is 1. The molecule has 4 rings (SSSR count). The van der Waals surface area contributed by atoms with Gasteiger partial charge in [0.25, 0.3) is 0 Å². The predicted molar refractivity (Wildman–Crippen MR) is 117 cm³/mol. The zero-order valence-electron chi connectivity index (χ0n) is 18.0. The number of rotatable bonds is 7. The molecule has 1 N–H and O–H groups in total. The van der Waals surface area contributed by atoms with Crippen LogP contribution < -0.4 is 5.32 Å². The van der Waals surface area contributed by atoms with Crippen molar-refractivity contribution in [2.75, 3.05) is 11.9 Å². The maximum atomic E-state index is 14.5. The van der Waals surface area contributed by atoms with Crippen molar-refractivity contribution in [3.63, 3.8) is 0 Å². The van der Waals surface area contributed by atoms with E-state index in [9.17, 15) is 22.4 Å². The second-order valence-electron chi connectivity index (χ2n) is 8.21. The molecular formula is C26H20F4N2O2. The molecule has 34 heavy (non-hydrogen) atoms. The summed E-state index contributed by atoms with van der Waals surface area (Å²) in [5.41, 5.74) is -2.15. The smallest absolute Gasteiger partial charge is 0.233 e. The van der Waals surface area contributed by atoms with Crippen LogP contribution in [0.1, 0.15) is 35.4 Å². The molecule has 3 aromatic rings. The molecule has 1 aliphatic rings. The minimum absolute atomic E-state index is 0.0717. The fourth-order valence-corrected chi connectivity index (χ4v) is 4.32. The first-order chi connectivity index (χ1) is 16.4. The maximum absolute atomic E-state index is 14.5. The molecule has 0 bridgehead atoms. The van der Waals surface area contributed by atoms with Crippen LogP contribution in [-0.4, -0.2) is 12.5 Å². The van der Waals surface area contributed by atoms with Crippen molar-refractivity contribution in [1.82, 2.24) is 0 Å². The second kappa shape index (κ2) is 9.65. The summed E-state index contributed by atoms with van der Waals surface area (Å²) < 4.78 is 63.0. The highest BCUT2D eigenvalue weighted by Gasteiger charge is 2.53. The number of benzene rings is 3. The van der Waals surface area contributed by atoms with Gasteiger partial charge in [-0.3, -0.25) is 4.79 Å². The molecule has 0 aliphatic heterocycles. The van der Waals surface area contributed by atoms with Crippen molar-refractivity contribution in [2.24, 2.45) is 5.41 Å². The number of anilines is 1. The lowest BCUT2D eigenvalue weighted by Crippen LogP contribution is -2.51. The van der Waals surface area contributed by atoms with E-state index in [0.29, 0.717) is 12.8 Å². The second-order valence-corrected chi connectivity index (χ2v) is 8.21. The average molecular weight is 468 g/mol. The molecular weight excluding hydrogens is 448 g/mol. The fourth-order valence-electron chi connectivity index (χ4n) is 4.32. The van der Waals surface area contributed by atoms with Gasteiger partial charge in [-0.15, -0.1) is 0 Å². The summed E-state index contributed by atoms with van der Waals surface area (Å²) in [6, 6.07) is 19.5. The van der Waals surface area contributed by atoms with Crippen LogP contribution in [0.25, 0.3) is 0 Å². The van der Waals surface area contributed by atoms with Gasteiger partial charge in [-0.2, -0.15) is 5.26 Å². The standard InChI is InChI=1S/C26H20F4N2O2/c27-20-18(13-31)21(28)23(30)24(22(20)29)32-25(33)26(15-34-14-16-7-3-1-4-8-16)12-11-19(26)17-9-5-2-6-10-17/h1-10,19H,11-12,14-15H2,(H,32,33)/t19-,26+/m1/s1. The highest BCUT2D eigenvalue weighted by molar-refractivity contribution is 5.97. The number of hydrogen-bond acceptors (Lipinski definition) is 3. The number of amides is 1. The third-order valence-corrected chi connectivity index (χ3v) is 6.29. The van der Waals surface area contributed by atoms with E-state index < -0.39 is 45.8 Å². The Bertz CT molecular complexity index is 1220. The Labute approximate surface area is 193 Å². The highest BCUT2D eigenvalue weighted by atomic mass is 19.2.